The Morgan fingerprint density at radius 3 is 2.40 bits per heavy atom. The van der Waals surface area contributed by atoms with Gasteiger partial charge in [-0.15, -0.1) is 0 Å². The van der Waals surface area contributed by atoms with Gasteiger partial charge in [-0.25, -0.2) is 4.68 Å². The number of carbonyl (C=O) groups is 2. The highest BCUT2D eigenvalue weighted by atomic mass is 19.4. The van der Waals surface area contributed by atoms with Gasteiger partial charge < -0.3 is 10.6 Å². The lowest BCUT2D eigenvalue weighted by molar-refractivity contribution is -0.143. The van der Waals surface area contributed by atoms with Crippen molar-refractivity contribution in [2.45, 2.75) is 20.0 Å². The summed E-state index contributed by atoms with van der Waals surface area (Å²) < 4.78 is 41.6. The summed E-state index contributed by atoms with van der Waals surface area (Å²) in [5.41, 5.74) is 0.700. The third-order valence-corrected chi connectivity index (χ3v) is 4.57. The van der Waals surface area contributed by atoms with Crippen molar-refractivity contribution in [2.24, 2.45) is 0 Å². The van der Waals surface area contributed by atoms with Crippen LogP contribution in [0.5, 0.6) is 0 Å². The number of anilines is 1. The van der Waals surface area contributed by atoms with Crippen LogP contribution < -0.4 is 10.6 Å². The van der Waals surface area contributed by atoms with E-state index in [4.69, 9.17) is 0 Å². The molecule has 0 saturated carbocycles. The molecule has 0 aliphatic heterocycles. The van der Waals surface area contributed by atoms with Gasteiger partial charge in [-0.3, -0.25) is 9.59 Å². The minimum Gasteiger partial charge on any atom is -0.343 e. The van der Waals surface area contributed by atoms with Crippen molar-refractivity contribution in [3.05, 3.63) is 77.1 Å². The summed E-state index contributed by atoms with van der Waals surface area (Å²) in [4.78, 5) is 24.5. The number of halogens is 3. The van der Waals surface area contributed by atoms with Crippen molar-refractivity contribution < 1.29 is 22.8 Å². The van der Waals surface area contributed by atoms with Crippen LogP contribution in [0.2, 0.25) is 0 Å². The van der Waals surface area contributed by atoms with E-state index in [2.05, 4.69) is 15.7 Å². The molecular formula is C21H19F3N4O2. The quantitative estimate of drug-likeness (QED) is 0.663. The average Bonchev–Trinajstić information content (AvgIpc) is 3.16. The van der Waals surface area contributed by atoms with Gasteiger partial charge in [-0.05, 0) is 43.2 Å². The first-order valence-corrected chi connectivity index (χ1v) is 9.03. The molecule has 30 heavy (non-hydrogen) atoms. The highest BCUT2D eigenvalue weighted by Gasteiger charge is 2.40. The number of nitrogens with zero attached hydrogens (tertiary/aromatic N) is 2. The number of amides is 2. The lowest BCUT2D eigenvalue weighted by Gasteiger charge is -2.13. The Bertz CT molecular complexity index is 1080. The van der Waals surface area contributed by atoms with Gasteiger partial charge in [0, 0.05) is 5.69 Å². The number of para-hydroxylation sites is 1. The molecule has 0 aliphatic rings. The molecule has 2 aromatic carbocycles. The SMILES string of the molecule is Cc1cccc(NC(=O)CNC(=O)c2cnn(-c3ccccc3)c2C(F)(F)F)c1C. The maximum atomic E-state index is 13.6. The number of aromatic nitrogens is 2. The van der Waals surface area contributed by atoms with Gasteiger partial charge in [0.15, 0.2) is 5.69 Å². The minimum absolute atomic E-state index is 0.163. The Kier molecular flexibility index (Phi) is 5.91. The number of hydrogen-bond acceptors (Lipinski definition) is 3. The highest BCUT2D eigenvalue weighted by molar-refractivity contribution is 6.00. The van der Waals surface area contributed by atoms with E-state index in [1.807, 2.05) is 19.9 Å². The second-order valence-corrected chi connectivity index (χ2v) is 6.63. The Morgan fingerprint density at radius 2 is 1.73 bits per heavy atom. The van der Waals surface area contributed by atoms with Crippen LogP contribution in [0.15, 0.2) is 54.7 Å². The predicted octanol–water partition coefficient (Wildman–Crippen LogP) is 3.88. The van der Waals surface area contributed by atoms with Crippen LogP contribution >= 0.6 is 0 Å². The zero-order chi connectivity index (χ0) is 21.9. The number of hydrogen-bond donors (Lipinski definition) is 2. The van der Waals surface area contributed by atoms with E-state index < -0.39 is 35.8 Å². The fraction of sp³-hybridized carbons (Fsp3) is 0.190. The lowest BCUT2D eigenvalue weighted by atomic mass is 10.1. The molecule has 0 aliphatic carbocycles. The Labute approximate surface area is 170 Å². The second kappa shape index (κ2) is 8.40. The molecule has 6 nitrogen and oxygen atoms in total. The number of aryl methyl sites for hydroxylation is 1. The van der Waals surface area contributed by atoms with Gasteiger partial charge in [-0.1, -0.05) is 30.3 Å². The topological polar surface area (TPSA) is 76.0 Å². The van der Waals surface area contributed by atoms with Gasteiger partial charge in [0.05, 0.1) is 24.0 Å². The largest absolute Gasteiger partial charge is 0.434 e. The molecule has 9 heteroatoms. The van der Waals surface area contributed by atoms with E-state index in [0.717, 1.165) is 17.3 Å². The molecule has 0 bridgehead atoms. The van der Waals surface area contributed by atoms with Gasteiger partial charge in [0.25, 0.3) is 5.91 Å². The molecule has 0 saturated heterocycles. The summed E-state index contributed by atoms with van der Waals surface area (Å²) in [5.74, 6) is -1.60. The van der Waals surface area contributed by atoms with Gasteiger partial charge in [0.2, 0.25) is 5.91 Å². The van der Waals surface area contributed by atoms with Crippen molar-refractivity contribution in [1.29, 1.82) is 0 Å². The smallest absolute Gasteiger partial charge is 0.343 e. The van der Waals surface area contributed by atoms with E-state index >= 15 is 0 Å². The molecule has 1 aromatic heterocycles. The molecule has 0 unspecified atom stereocenters. The van der Waals surface area contributed by atoms with E-state index in [1.54, 1.807) is 30.3 Å². The molecule has 2 N–H and O–H groups in total. The Balaban J connectivity index is 1.76. The monoisotopic (exact) mass is 416 g/mol. The van der Waals surface area contributed by atoms with Crippen LogP contribution in [-0.2, 0) is 11.0 Å². The number of alkyl halides is 3. The Hall–Kier alpha value is -3.62. The van der Waals surface area contributed by atoms with Crippen LogP contribution in [0.1, 0.15) is 27.2 Å². The van der Waals surface area contributed by atoms with E-state index in [9.17, 15) is 22.8 Å². The van der Waals surface area contributed by atoms with Crippen molar-refractivity contribution >= 4 is 17.5 Å². The van der Waals surface area contributed by atoms with Crippen LogP contribution in [-0.4, -0.2) is 28.1 Å². The normalized spacial score (nSPS) is 11.2. The van der Waals surface area contributed by atoms with E-state index in [0.29, 0.717) is 10.4 Å². The minimum atomic E-state index is -4.82. The first-order valence-electron chi connectivity index (χ1n) is 9.03. The van der Waals surface area contributed by atoms with Crippen molar-refractivity contribution in [2.75, 3.05) is 11.9 Å². The zero-order valence-electron chi connectivity index (χ0n) is 16.2. The number of benzene rings is 2. The molecule has 156 valence electrons. The summed E-state index contributed by atoms with van der Waals surface area (Å²) in [6.07, 6.45) is -3.98. The zero-order valence-corrected chi connectivity index (χ0v) is 16.2. The van der Waals surface area contributed by atoms with E-state index in [1.165, 1.54) is 12.1 Å². The fourth-order valence-electron chi connectivity index (χ4n) is 2.89. The molecule has 0 atom stereocenters. The molecular weight excluding hydrogens is 397 g/mol. The molecule has 3 aromatic rings. The molecule has 1 heterocycles. The third kappa shape index (κ3) is 4.51. The fourth-order valence-corrected chi connectivity index (χ4v) is 2.89. The van der Waals surface area contributed by atoms with Crippen LogP contribution in [0, 0.1) is 13.8 Å². The number of carbonyl (C=O) groups excluding carboxylic acids is 2. The molecule has 0 fully saturated rings. The first-order chi connectivity index (χ1) is 14.2. The number of rotatable bonds is 5. The van der Waals surface area contributed by atoms with Crippen molar-refractivity contribution in [1.82, 2.24) is 15.1 Å². The highest BCUT2D eigenvalue weighted by Crippen LogP contribution is 2.33. The lowest BCUT2D eigenvalue weighted by Crippen LogP contribution is -2.34. The summed E-state index contributed by atoms with van der Waals surface area (Å²) in [7, 11) is 0. The van der Waals surface area contributed by atoms with Gasteiger partial charge in [0.1, 0.15) is 0 Å². The summed E-state index contributed by atoms with van der Waals surface area (Å²) in [6, 6.07) is 13.0. The Morgan fingerprint density at radius 1 is 1.03 bits per heavy atom. The average molecular weight is 416 g/mol. The van der Waals surface area contributed by atoms with Crippen molar-refractivity contribution in [3.8, 4) is 5.69 Å². The molecule has 2 amide bonds. The van der Waals surface area contributed by atoms with Crippen LogP contribution in [0.25, 0.3) is 5.69 Å². The molecule has 3 rings (SSSR count). The molecule has 0 spiro atoms. The third-order valence-electron chi connectivity index (χ3n) is 4.57. The summed E-state index contributed by atoms with van der Waals surface area (Å²) in [6.45, 7) is 3.23. The second-order valence-electron chi connectivity index (χ2n) is 6.63. The van der Waals surface area contributed by atoms with E-state index in [-0.39, 0.29) is 5.69 Å². The summed E-state index contributed by atoms with van der Waals surface area (Å²) >= 11 is 0. The predicted molar refractivity (Wildman–Crippen MR) is 105 cm³/mol. The van der Waals surface area contributed by atoms with Crippen molar-refractivity contribution in [3.63, 3.8) is 0 Å². The van der Waals surface area contributed by atoms with Gasteiger partial charge >= 0.3 is 6.18 Å². The van der Waals surface area contributed by atoms with Crippen LogP contribution in [0.4, 0.5) is 18.9 Å². The standard InChI is InChI=1S/C21H19F3N4O2/c1-13-7-6-10-17(14(13)2)27-18(29)12-25-20(30)16-11-26-28(19(16)21(22,23)24)15-8-4-3-5-9-15/h3-11H,12H2,1-2H3,(H,25,30)(H,27,29). The number of nitrogens with one attached hydrogen (secondary N) is 2. The summed E-state index contributed by atoms with van der Waals surface area (Å²) in [5, 5.41) is 8.59. The first kappa shape index (κ1) is 21.1. The maximum Gasteiger partial charge on any atom is 0.434 e. The van der Waals surface area contributed by atoms with Gasteiger partial charge in [-0.2, -0.15) is 18.3 Å². The molecule has 0 radical (unpaired) electrons. The van der Waals surface area contributed by atoms with Crippen LogP contribution in [0.3, 0.4) is 0 Å². The maximum absolute atomic E-state index is 13.6.